The molecule has 1 saturated heterocycles. The van der Waals surface area contributed by atoms with Gasteiger partial charge < -0.3 is 18.9 Å². The molecule has 2 aliphatic rings. The van der Waals surface area contributed by atoms with Crippen molar-refractivity contribution in [2.45, 2.75) is 44.4 Å². The van der Waals surface area contributed by atoms with Gasteiger partial charge in [0.05, 0.1) is 27.4 Å². The van der Waals surface area contributed by atoms with E-state index < -0.39 is 0 Å². The zero-order valence-corrected chi connectivity index (χ0v) is 17.2. The van der Waals surface area contributed by atoms with E-state index in [1.54, 1.807) is 21.3 Å². The zero-order valence-electron chi connectivity index (χ0n) is 17.2. The third kappa shape index (κ3) is 4.68. The quantitative estimate of drug-likeness (QED) is 0.727. The van der Waals surface area contributed by atoms with Crippen LogP contribution in [-0.4, -0.2) is 76.6 Å². The van der Waals surface area contributed by atoms with Crippen LogP contribution in [0.25, 0.3) is 0 Å². The maximum absolute atomic E-state index is 5.76. The summed E-state index contributed by atoms with van der Waals surface area (Å²) < 4.78 is 22.2. The van der Waals surface area contributed by atoms with Crippen molar-refractivity contribution in [3.8, 4) is 17.2 Å². The van der Waals surface area contributed by atoms with Crippen molar-refractivity contribution in [3.63, 3.8) is 0 Å². The Balaban J connectivity index is 1.62. The molecule has 0 radical (unpaired) electrons. The Morgan fingerprint density at radius 3 is 2.07 bits per heavy atom. The van der Waals surface area contributed by atoms with E-state index in [0.717, 1.165) is 49.8 Å². The SMILES string of the molecule is COc1cc(OC)c(OC)cc1CN1CCN([C@H]2CCCC[C@@H]2OC)CC1. The monoisotopic (exact) mass is 378 g/mol. The minimum absolute atomic E-state index is 0.399. The van der Waals surface area contributed by atoms with E-state index >= 15 is 0 Å². The summed E-state index contributed by atoms with van der Waals surface area (Å²) in [4.78, 5) is 5.13. The molecule has 6 nitrogen and oxygen atoms in total. The first-order chi connectivity index (χ1) is 13.2. The van der Waals surface area contributed by atoms with Gasteiger partial charge in [0.2, 0.25) is 0 Å². The highest BCUT2D eigenvalue weighted by molar-refractivity contribution is 5.50. The summed E-state index contributed by atoms with van der Waals surface area (Å²) in [6.45, 7) is 5.17. The highest BCUT2D eigenvalue weighted by Gasteiger charge is 2.32. The molecule has 2 fully saturated rings. The fourth-order valence-corrected chi connectivity index (χ4v) is 4.48. The van der Waals surface area contributed by atoms with Gasteiger partial charge in [-0.15, -0.1) is 0 Å². The number of benzene rings is 1. The van der Waals surface area contributed by atoms with E-state index in [1.165, 1.54) is 25.7 Å². The van der Waals surface area contributed by atoms with Crippen molar-refractivity contribution >= 4 is 0 Å². The van der Waals surface area contributed by atoms with Crippen molar-refractivity contribution in [1.29, 1.82) is 0 Å². The van der Waals surface area contributed by atoms with Gasteiger partial charge in [-0.05, 0) is 18.9 Å². The molecular weight excluding hydrogens is 344 g/mol. The maximum atomic E-state index is 5.76. The fourth-order valence-electron chi connectivity index (χ4n) is 4.48. The number of methoxy groups -OCH3 is 4. The van der Waals surface area contributed by atoms with Gasteiger partial charge in [0.15, 0.2) is 11.5 Å². The molecule has 0 N–H and O–H groups in total. The summed E-state index contributed by atoms with van der Waals surface area (Å²) in [5.41, 5.74) is 1.14. The second-order valence-electron chi connectivity index (χ2n) is 7.46. The van der Waals surface area contributed by atoms with Crippen molar-refractivity contribution < 1.29 is 18.9 Å². The first-order valence-corrected chi connectivity index (χ1v) is 9.98. The number of hydrogen-bond acceptors (Lipinski definition) is 6. The molecule has 3 rings (SSSR count). The molecule has 27 heavy (non-hydrogen) atoms. The average Bonchev–Trinajstić information content (AvgIpc) is 2.73. The molecule has 152 valence electrons. The van der Waals surface area contributed by atoms with E-state index in [-0.39, 0.29) is 0 Å². The van der Waals surface area contributed by atoms with Crippen LogP contribution in [0, 0.1) is 0 Å². The number of rotatable bonds is 7. The van der Waals surface area contributed by atoms with Gasteiger partial charge in [0.25, 0.3) is 0 Å². The summed E-state index contributed by atoms with van der Waals surface area (Å²) in [5, 5.41) is 0. The predicted octanol–water partition coefficient (Wildman–Crippen LogP) is 2.79. The highest BCUT2D eigenvalue weighted by Crippen LogP contribution is 2.35. The molecule has 1 aliphatic heterocycles. The van der Waals surface area contributed by atoms with Crippen LogP contribution < -0.4 is 14.2 Å². The summed E-state index contributed by atoms with van der Waals surface area (Å²) in [5.74, 6) is 2.30. The third-order valence-corrected chi connectivity index (χ3v) is 6.03. The first kappa shape index (κ1) is 20.2. The topological polar surface area (TPSA) is 43.4 Å². The van der Waals surface area contributed by atoms with Crippen LogP contribution in [0.5, 0.6) is 17.2 Å². The lowest BCUT2D eigenvalue weighted by Crippen LogP contribution is -2.54. The molecule has 2 atom stereocenters. The number of piperazine rings is 1. The number of ether oxygens (including phenoxy) is 4. The van der Waals surface area contributed by atoms with Crippen LogP contribution in [0.1, 0.15) is 31.2 Å². The largest absolute Gasteiger partial charge is 0.496 e. The Bertz CT molecular complexity index is 602. The Morgan fingerprint density at radius 1 is 0.815 bits per heavy atom. The highest BCUT2D eigenvalue weighted by atomic mass is 16.5. The van der Waals surface area contributed by atoms with Crippen LogP contribution in [0.3, 0.4) is 0 Å². The molecule has 0 unspecified atom stereocenters. The molecule has 1 saturated carbocycles. The number of nitrogens with zero attached hydrogens (tertiary/aromatic N) is 2. The van der Waals surface area contributed by atoms with Gasteiger partial charge in [-0.1, -0.05) is 12.8 Å². The van der Waals surface area contributed by atoms with Crippen LogP contribution in [0.2, 0.25) is 0 Å². The lowest BCUT2D eigenvalue weighted by Gasteiger charge is -2.43. The average molecular weight is 379 g/mol. The molecule has 0 spiro atoms. The van der Waals surface area contributed by atoms with E-state index in [2.05, 4.69) is 9.80 Å². The maximum Gasteiger partial charge on any atom is 0.164 e. The predicted molar refractivity (Wildman–Crippen MR) is 106 cm³/mol. The smallest absolute Gasteiger partial charge is 0.164 e. The summed E-state index contributed by atoms with van der Waals surface area (Å²) >= 11 is 0. The van der Waals surface area contributed by atoms with Gasteiger partial charge in [0.1, 0.15) is 5.75 Å². The lowest BCUT2D eigenvalue weighted by molar-refractivity contribution is -0.0279. The second-order valence-corrected chi connectivity index (χ2v) is 7.46. The fraction of sp³-hybridized carbons (Fsp3) is 0.714. The van der Waals surface area contributed by atoms with E-state index in [1.807, 2.05) is 19.2 Å². The van der Waals surface area contributed by atoms with E-state index in [4.69, 9.17) is 18.9 Å². The zero-order chi connectivity index (χ0) is 19.2. The second kappa shape index (κ2) is 9.62. The van der Waals surface area contributed by atoms with Gasteiger partial charge >= 0.3 is 0 Å². The van der Waals surface area contributed by atoms with Gasteiger partial charge in [-0.25, -0.2) is 0 Å². The standard InChI is InChI=1S/C21H34N2O4/c1-24-18-8-6-5-7-17(18)23-11-9-22(10-12-23)15-16-13-20(26-3)21(27-4)14-19(16)25-2/h13-14,17-18H,5-12,15H2,1-4H3/t17-,18-/m0/s1. The van der Waals surface area contributed by atoms with Gasteiger partial charge in [-0.3, -0.25) is 9.80 Å². The molecule has 0 bridgehead atoms. The van der Waals surface area contributed by atoms with Crippen molar-refractivity contribution in [2.75, 3.05) is 54.6 Å². The minimum Gasteiger partial charge on any atom is -0.496 e. The molecule has 1 aromatic rings. The third-order valence-electron chi connectivity index (χ3n) is 6.03. The van der Waals surface area contributed by atoms with Crippen molar-refractivity contribution in [3.05, 3.63) is 17.7 Å². The van der Waals surface area contributed by atoms with Crippen LogP contribution in [0.4, 0.5) is 0 Å². The summed E-state index contributed by atoms with van der Waals surface area (Å²) in [7, 11) is 6.89. The molecule has 0 aromatic heterocycles. The van der Waals surface area contributed by atoms with Crippen LogP contribution in [0.15, 0.2) is 12.1 Å². The summed E-state index contributed by atoms with van der Waals surface area (Å²) in [6.07, 6.45) is 5.49. The van der Waals surface area contributed by atoms with E-state index in [9.17, 15) is 0 Å². The molecule has 1 aromatic carbocycles. The van der Waals surface area contributed by atoms with E-state index in [0.29, 0.717) is 17.9 Å². The lowest BCUT2D eigenvalue weighted by atomic mass is 9.90. The Kier molecular flexibility index (Phi) is 7.21. The van der Waals surface area contributed by atoms with Gasteiger partial charge in [-0.2, -0.15) is 0 Å². The number of hydrogen-bond donors (Lipinski definition) is 0. The normalized spacial score (nSPS) is 24.6. The Morgan fingerprint density at radius 2 is 1.44 bits per heavy atom. The first-order valence-electron chi connectivity index (χ1n) is 9.98. The van der Waals surface area contributed by atoms with Crippen LogP contribution >= 0.6 is 0 Å². The van der Waals surface area contributed by atoms with Crippen LogP contribution in [-0.2, 0) is 11.3 Å². The Labute approximate surface area is 163 Å². The molecular formula is C21H34N2O4. The van der Waals surface area contributed by atoms with Gasteiger partial charge in [0, 0.05) is 57.5 Å². The summed E-state index contributed by atoms with van der Waals surface area (Å²) in [6, 6.07) is 4.53. The Hall–Kier alpha value is -1.50. The molecule has 1 aliphatic carbocycles. The minimum atomic E-state index is 0.399. The van der Waals surface area contributed by atoms with Crippen molar-refractivity contribution in [2.24, 2.45) is 0 Å². The molecule has 6 heteroatoms. The molecule has 1 heterocycles. The van der Waals surface area contributed by atoms with Crippen molar-refractivity contribution in [1.82, 2.24) is 9.80 Å². The molecule has 0 amide bonds.